The molecule has 0 radical (unpaired) electrons. The molecule has 0 aliphatic heterocycles. The fourth-order valence-electron chi connectivity index (χ4n) is 1.44. The molecule has 0 heterocycles. The van der Waals surface area contributed by atoms with Gasteiger partial charge in [-0.3, -0.25) is 0 Å². The molecule has 0 aromatic heterocycles. The van der Waals surface area contributed by atoms with E-state index in [1.165, 1.54) is 5.56 Å². The van der Waals surface area contributed by atoms with Crippen LogP contribution in [0.5, 0.6) is 0 Å². The summed E-state index contributed by atoms with van der Waals surface area (Å²) >= 11 is 0. The van der Waals surface area contributed by atoms with Crippen LogP contribution in [0.25, 0.3) is 0 Å². The van der Waals surface area contributed by atoms with Crippen molar-refractivity contribution in [2.75, 3.05) is 32.5 Å². The minimum atomic E-state index is 0.604. The van der Waals surface area contributed by atoms with Crippen molar-refractivity contribution in [1.29, 1.82) is 0 Å². The second-order valence-corrected chi connectivity index (χ2v) is 3.99. The fraction of sp³-hybridized carbons (Fsp3) is 0.500. The predicted octanol–water partition coefficient (Wildman–Crippen LogP) is 1.51. The van der Waals surface area contributed by atoms with Crippen LogP contribution in [0.2, 0.25) is 0 Å². The first kappa shape index (κ1) is 12.0. The van der Waals surface area contributed by atoms with Crippen molar-refractivity contribution in [1.82, 2.24) is 4.90 Å². The van der Waals surface area contributed by atoms with E-state index in [9.17, 15) is 0 Å². The van der Waals surface area contributed by atoms with E-state index in [4.69, 9.17) is 5.73 Å². The predicted molar refractivity (Wildman–Crippen MR) is 66.0 cm³/mol. The van der Waals surface area contributed by atoms with Crippen LogP contribution >= 0.6 is 0 Å². The van der Waals surface area contributed by atoms with Crippen LogP contribution in [0.3, 0.4) is 0 Å². The molecule has 1 rings (SSSR count). The van der Waals surface area contributed by atoms with Crippen molar-refractivity contribution in [3.05, 3.63) is 29.8 Å². The zero-order chi connectivity index (χ0) is 11.1. The van der Waals surface area contributed by atoms with Crippen molar-refractivity contribution < 1.29 is 0 Å². The third-order valence-corrected chi connectivity index (χ3v) is 2.27. The lowest BCUT2D eigenvalue weighted by Crippen LogP contribution is -2.16. The van der Waals surface area contributed by atoms with Crippen molar-refractivity contribution >= 4 is 5.69 Å². The molecule has 3 nitrogen and oxygen atoms in total. The summed E-state index contributed by atoms with van der Waals surface area (Å²) in [4.78, 5) is 2.19. The van der Waals surface area contributed by atoms with Gasteiger partial charge in [0.25, 0.3) is 0 Å². The smallest absolute Gasteiger partial charge is 0.0343 e. The van der Waals surface area contributed by atoms with Gasteiger partial charge in [0.05, 0.1) is 0 Å². The molecule has 0 atom stereocenters. The highest BCUT2D eigenvalue weighted by molar-refractivity contribution is 5.45. The lowest BCUT2D eigenvalue weighted by atomic mass is 10.2. The molecule has 1 aromatic rings. The third-order valence-electron chi connectivity index (χ3n) is 2.27. The molecule has 0 unspecified atom stereocenters. The zero-order valence-corrected chi connectivity index (χ0v) is 9.66. The Labute approximate surface area is 92.3 Å². The second kappa shape index (κ2) is 6.43. The Kier molecular flexibility index (Phi) is 5.15. The molecular formula is C12H21N3. The van der Waals surface area contributed by atoms with E-state index >= 15 is 0 Å². The normalized spacial score (nSPS) is 10.7. The Balaban J connectivity index is 2.30. The third kappa shape index (κ3) is 4.81. The molecule has 0 fully saturated rings. The quantitative estimate of drug-likeness (QED) is 0.695. The van der Waals surface area contributed by atoms with Crippen molar-refractivity contribution in [3.63, 3.8) is 0 Å². The number of anilines is 1. The Morgan fingerprint density at radius 3 is 2.80 bits per heavy atom. The number of rotatable bonds is 6. The van der Waals surface area contributed by atoms with E-state index < -0.39 is 0 Å². The van der Waals surface area contributed by atoms with E-state index in [0.717, 1.165) is 25.2 Å². The van der Waals surface area contributed by atoms with Gasteiger partial charge >= 0.3 is 0 Å². The topological polar surface area (TPSA) is 41.3 Å². The molecule has 3 heteroatoms. The van der Waals surface area contributed by atoms with Gasteiger partial charge < -0.3 is 16.0 Å². The summed E-state index contributed by atoms with van der Waals surface area (Å²) in [6.45, 7) is 2.73. The highest BCUT2D eigenvalue weighted by atomic mass is 15.1. The van der Waals surface area contributed by atoms with Gasteiger partial charge in [-0.2, -0.15) is 0 Å². The molecule has 0 aliphatic rings. The van der Waals surface area contributed by atoms with Crippen molar-refractivity contribution in [2.45, 2.75) is 13.0 Å². The van der Waals surface area contributed by atoms with Crippen molar-refractivity contribution in [3.8, 4) is 0 Å². The summed E-state index contributed by atoms with van der Waals surface area (Å²) in [6, 6.07) is 8.27. The molecule has 0 spiro atoms. The fourth-order valence-corrected chi connectivity index (χ4v) is 1.44. The Bertz CT molecular complexity index is 284. The van der Waals surface area contributed by atoms with Gasteiger partial charge in [0.1, 0.15) is 0 Å². The lowest BCUT2D eigenvalue weighted by molar-refractivity contribution is 0.405. The minimum Gasteiger partial charge on any atom is -0.385 e. The largest absolute Gasteiger partial charge is 0.385 e. The summed E-state index contributed by atoms with van der Waals surface area (Å²) in [5, 5.41) is 3.39. The maximum Gasteiger partial charge on any atom is 0.0343 e. The second-order valence-electron chi connectivity index (χ2n) is 3.99. The first-order chi connectivity index (χ1) is 7.22. The molecule has 0 bridgehead atoms. The van der Waals surface area contributed by atoms with Crippen LogP contribution < -0.4 is 11.1 Å². The van der Waals surface area contributed by atoms with Gasteiger partial charge in [-0.15, -0.1) is 0 Å². The zero-order valence-electron chi connectivity index (χ0n) is 9.66. The molecule has 1 aromatic carbocycles. The summed E-state index contributed by atoms with van der Waals surface area (Å²) in [7, 11) is 4.18. The van der Waals surface area contributed by atoms with Gasteiger partial charge in [0.2, 0.25) is 0 Å². The first-order valence-electron chi connectivity index (χ1n) is 5.40. The van der Waals surface area contributed by atoms with Gasteiger partial charge in [0, 0.05) is 18.8 Å². The molecule has 0 aliphatic carbocycles. The summed E-state index contributed by atoms with van der Waals surface area (Å²) < 4.78 is 0. The number of benzene rings is 1. The maximum atomic E-state index is 5.58. The van der Waals surface area contributed by atoms with Crippen LogP contribution in [0.4, 0.5) is 5.69 Å². The van der Waals surface area contributed by atoms with E-state index in [1.54, 1.807) is 0 Å². The Morgan fingerprint density at radius 1 is 1.33 bits per heavy atom. The number of hydrogen-bond donors (Lipinski definition) is 2. The monoisotopic (exact) mass is 207 g/mol. The summed E-state index contributed by atoms with van der Waals surface area (Å²) in [6.07, 6.45) is 1.15. The highest BCUT2D eigenvalue weighted by Crippen LogP contribution is 2.09. The van der Waals surface area contributed by atoms with Crippen LogP contribution in [0.1, 0.15) is 12.0 Å². The molecular weight excluding hydrogens is 186 g/mol. The number of nitrogens with two attached hydrogens (primary N) is 1. The van der Waals surface area contributed by atoms with Crippen molar-refractivity contribution in [2.24, 2.45) is 5.73 Å². The SMILES string of the molecule is CN(C)CCCNc1cccc(CN)c1. The molecule has 0 saturated carbocycles. The number of hydrogen-bond acceptors (Lipinski definition) is 3. The highest BCUT2D eigenvalue weighted by Gasteiger charge is 1.94. The Morgan fingerprint density at radius 2 is 2.13 bits per heavy atom. The number of nitrogens with zero attached hydrogens (tertiary/aromatic N) is 1. The van der Waals surface area contributed by atoms with Gasteiger partial charge in [-0.1, -0.05) is 12.1 Å². The van der Waals surface area contributed by atoms with E-state index in [1.807, 2.05) is 12.1 Å². The van der Waals surface area contributed by atoms with Gasteiger partial charge in [-0.05, 0) is 44.8 Å². The molecule has 3 N–H and O–H groups in total. The first-order valence-corrected chi connectivity index (χ1v) is 5.40. The summed E-state index contributed by atoms with van der Waals surface area (Å²) in [5.74, 6) is 0. The van der Waals surface area contributed by atoms with Crippen LogP contribution in [-0.2, 0) is 6.54 Å². The summed E-state index contributed by atoms with van der Waals surface area (Å²) in [5.41, 5.74) is 7.92. The Hall–Kier alpha value is -1.06. The average molecular weight is 207 g/mol. The molecule has 15 heavy (non-hydrogen) atoms. The molecule has 0 saturated heterocycles. The molecule has 0 amide bonds. The van der Waals surface area contributed by atoms with Gasteiger partial charge in [-0.25, -0.2) is 0 Å². The number of nitrogens with one attached hydrogen (secondary N) is 1. The minimum absolute atomic E-state index is 0.604. The van der Waals surface area contributed by atoms with Crippen LogP contribution in [0, 0.1) is 0 Å². The maximum absolute atomic E-state index is 5.58. The van der Waals surface area contributed by atoms with Crippen LogP contribution in [0.15, 0.2) is 24.3 Å². The van der Waals surface area contributed by atoms with E-state index in [0.29, 0.717) is 6.54 Å². The van der Waals surface area contributed by atoms with Crippen LogP contribution in [-0.4, -0.2) is 32.1 Å². The van der Waals surface area contributed by atoms with E-state index in [2.05, 4.69) is 36.4 Å². The lowest BCUT2D eigenvalue weighted by Gasteiger charge is -2.11. The average Bonchev–Trinajstić information content (AvgIpc) is 2.24. The van der Waals surface area contributed by atoms with E-state index in [-0.39, 0.29) is 0 Å². The molecule has 84 valence electrons. The van der Waals surface area contributed by atoms with Gasteiger partial charge in [0.15, 0.2) is 0 Å². The standard InChI is InChI=1S/C12H21N3/c1-15(2)8-4-7-14-12-6-3-5-11(9-12)10-13/h3,5-6,9,14H,4,7-8,10,13H2,1-2H3.